The number of hydroxylamine groups is 1. The van der Waals surface area contributed by atoms with E-state index in [9.17, 15) is 23.2 Å². The first-order chi connectivity index (χ1) is 15.1. The number of carbonyl (C=O) groups excluding carboxylic acids is 1. The van der Waals surface area contributed by atoms with Gasteiger partial charge in [-0.1, -0.05) is 23.7 Å². The van der Waals surface area contributed by atoms with Crippen molar-refractivity contribution in [2.24, 2.45) is 5.73 Å². The Morgan fingerprint density at radius 1 is 1.30 bits per heavy atom. The first kappa shape index (κ1) is 27.8. The molecule has 0 radical (unpaired) electrons. The number of alkyl halides is 2. The fourth-order valence-electron chi connectivity index (χ4n) is 2.65. The fraction of sp³-hybridized carbons (Fsp3) is 0.250. The molecule has 0 atom stereocenters. The number of hydrogen-bond donors (Lipinski definition) is 5. The molecular formula is C20H21Cl2F3N6O2. The molecule has 0 fully saturated rings. The largest absolute Gasteiger partial charge is 0.376 e. The molecule has 0 saturated heterocycles. The number of benzene rings is 2. The summed E-state index contributed by atoms with van der Waals surface area (Å²) in [6, 6.07) is 9.33. The van der Waals surface area contributed by atoms with Gasteiger partial charge in [0.1, 0.15) is 0 Å². The van der Waals surface area contributed by atoms with Crippen molar-refractivity contribution in [1.82, 2.24) is 10.8 Å². The molecule has 0 heterocycles. The summed E-state index contributed by atoms with van der Waals surface area (Å²) in [6.07, 6.45) is -0.491. The van der Waals surface area contributed by atoms with E-state index in [1.807, 2.05) is 0 Å². The number of nitriles is 1. The highest BCUT2D eigenvalue weighted by Crippen LogP contribution is 2.31. The molecule has 0 bridgehead atoms. The highest BCUT2D eigenvalue weighted by Gasteiger charge is 2.32. The molecule has 13 heteroatoms. The monoisotopic (exact) mass is 504 g/mol. The molecule has 178 valence electrons. The van der Waals surface area contributed by atoms with Crippen LogP contribution >= 0.6 is 24.0 Å². The molecule has 0 aliphatic heterocycles. The van der Waals surface area contributed by atoms with Crippen molar-refractivity contribution in [2.75, 3.05) is 25.0 Å². The lowest BCUT2D eigenvalue weighted by molar-refractivity contribution is -0.120. The average molecular weight is 505 g/mol. The van der Waals surface area contributed by atoms with Crippen LogP contribution in [0, 0.1) is 22.6 Å². The van der Waals surface area contributed by atoms with Crippen LogP contribution in [0.2, 0.25) is 5.02 Å². The van der Waals surface area contributed by atoms with Gasteiger partial charge in [0.15, 0.2) is 5.82 Å². The van der Waals surface area contributed by atoms with Gasteiger partial charge in [-0.3, -0.25) is 15.0 Å². The molecule has 0 spiro atoms. The van der Waals surface area contributed by atoms with Gasteiger partial charge in [0.05, 0.1) is 36.9 Å². The standard InChI is InChI=1S/C20H20ClF3N6O2.ClH/c21-14-3-1-2-13(8-14)20(23,24)11-29-16-5-4-12(10-25)15(18(16)22)9-17(31)28-6-7-32-30-19(26)27;/h1-5,8,29H,6-7,9,11H2,(H,28,31)(H4,26,27,30);1H. The van der Waals surface area contributed by atoms with Crippen molar-refractivity contribution in [2.45, 2.75) is 12.3 Å². The summed E-state index contributed by atoms with van der Waals surface area (Å²) in [6.45, 7) is -0.937. The average Bonchev–Trinajstić information content (AvgIpc) is 2.74. The second-order valence-electron chi connectivity index (χ2n) is 6.52. The maximum atomic E-state index is 14.9. The smallest absolute Gasteiger partial charge is 0.290 e. The summed E-state index contributed by atoms with van der Waals surface area (Å²) < 4.78 is 43.8. The Hall–Kier alpha value is -3.20. The lowest BCUT2D eigenvalue weighted by atomic mass is 10.0. The predicted octanol–water partition coefficient (Wildman–Crippen LogP) is 3.05. The molecule has 0 unspecified atom stereocenters. The molecule has 0 aliphatic carbocycles. The van der Waals surface area contributed by atoms with E-state index in [1.54, 1.807) is 6.07 Å². The molecule has 1 amide bonds. The first-order valence-corrected chi connectivity index (χ1v) is 9.59. The summed E-state index contributed by atoms with van der Waals surface area (Å²) >= 11 is 5.75. The van der Waals surface area contributed by atoms with Crippen LogP contribution < -0.4 is 21.8 Å². The van der Waals surface area contributed by atoms with E-state index in [0.717, 1.165) is 12.1 Å². The molecule has 0 aromatic heterocycles. The normalized spacial score (nSPS) is 10.5. The van der Waals surface area contributed by atoms with E-state index in [1.165, 1.54) is 24.3 Å². The van der Waals surface area contributed by atoms with Gasteiger partial charge < -0.3 is 16.4 Å². The third kappa shape index (κ3) is 8.34. The molecule has 2 rings (SSSR count). The minimum atomic E-state index is -3.35. The quantitative estimate of drug-likeness (QED) is 0.146. The summed E-state index contributed by atoms with van der Waals surface area (Å²) in [5, 5.41) is 21.0. The first-order valence-electron chi connectivity index (χ1n) is 9.21. The molecule has 8 nitrogen and oxygen atoms in total. The van der Waals surface area contributed by atoms with Gasteiger partial charge in [-0.05, 0) is 24.3 Å². The Kier molecular flexibility index (Phi) is 10.7. The second kappa shape index (κ2) is 12.7. The Bertz CT molecular complexity index is 1030. The van der Waals surface area contributed by atoms with Crippen LogP contribution in [-0.2, 0) is 22.0 Å². The fourth-order valence-corrected chi connectivity index (χ4v) is 2.84. The molecule has 33 heavy (non-hydrogen) atoms. The van der Waals surface area contributed by atoms with E-state index < -0.39 is 36.6 Å². The highest BCUT2D eigenvalue weighted by atomic mass is 35.5. The van der Waals surface area contributed by atoms with E-state index in [2.05, 4.69) is 16.1 Å². The molecule has 0 saturated carbocycles. The van der Waals surface area contributed by atoms with Gasteiger partial charge in [-0.15, -0.1) is 12.4 Å². The molecule has 6 N–H and O–H groups in total. The van der Waals surface area contributed by atoms with Crippen molar-refractivity contribution < 1.29 is 22.8 Å². The minimum absolute atomic E-state index is 0. The maximum absolute atomic E-state index is 14.9. The summed E-state index contributed by atoms with van der Waals surface area (Å²) in [5.74, 6) is -5.36. The van der Waals surface area contributed by atoms with E-state index in [4.69, 9.17) is 27.6 Å². The van der Waals surface area contributed by atoms with Crippen LogP contribution in [0.5, 0.6) is 0 Å². The number of hydrogen-bond acceptors (Lipinski definition) is 5. The van der Waals surface area contributed by atoms with Crippen LogP contribution in [0.3, 0.4) is 0 Å². The van der Waals surface area contributed by atoms with Crippen molar-refractivity contribution in [3.63, 3.8) is 0 Å². The van der Waals surface area contributed by atoms with E-state index in [-0.39, 0.29) is 53.0 Å². The minimum Gasteiger partial charge on any atom is -0.376 e. The number of amides is 1. The zero-order chi connectivity index (χ0) is 23.7. The van der Waals surface area contributed by atoms with Crippen molar-refractivity contribution in [3.8, 4) is 6.07 Å². The van der Waals surface area contributed by atoms with Gasteiger partial charge in [0.2, 0.25) is 11.9 Å². The number of anilines is 1. The number of carbonyl (C=O) groups is 1. The number of nitrogens with zero attached hydrogens (tertiary/aromatic N) is 1. The summed E-state index contributed by atoms with van der Waals surface area (Å²) in [4.78, 5) is 16.9. The van der Waals surface area contributed by atoms with Crippen LogP contribution in [0.1, 0.15) is 16.7 Å². The molecule has 0 aliphatic rings. The van der Waals surface area contributed by atoms with Gasteiger partial charge in [0.25, 0.3) is 5.92 Å². The summed E-state index contributed by atoms with van der Waals surface area (Å²) in [7, 11) is 0. The number of nitrogens with two attached hydrogens (primary N) is 1. The number of halogens is 5. The Balaban J connectivity index is 0.00000544. The molecule has 2 aromatic carbocycles. The number of guanidine groups is 1. The third-order valence-corrected chi connectivity index (χ3v) is 4.39. The zero-order valence-electron chi connectivity index (χ0n) is 17.1. The van der Waals surface area contributed by atoms with Crippen molar-refractivity contribution in [1.29, 1.82) is 10.7 Å². The second-order valence-corrected chi connectivity index (χ2v) is 6.96. The Morgan fingerprint density at radius 3 is 2.67 bits per heavy atom. The van der Waals surface area contributed by atoms with E-state index in [0.29, 0.717) is 0 Å². The third-order valence-electron chi connectivity index (χ3n) is 4.16. The van der Waals surface area contributed by atoms with Crippen LogP contribution in [-0.4, -0.2) is 31.6 Å². The van der Waals surface area contributed by atoms with Gasteiger partial charge >= 0.3 is 0 Å². The zero-order valence-corrected chi connectivity index (χ0v) is 18.6. The number of rotatable bonds is 10. The van der Waals surface area contributed by atoms with Gasteiger partial charge in [-0.2, -0.15) is 14.0 Å². The van der Waals surface area contributed by atoms with Crippen LogP contribution in [0.15, 0.2) is 36.4 Å². The topological polar surface area (TPSA) is 136 Å². The Labute approximate surface area is 199 Å². The Morgan fingerprint density at radius 2 is 2.03 bits per heavy atom. The van der Waals surface area contributed by atoms with E-state index >= 15 is 0 Å². The van der Waals surface area contributed by atoms with Gasteiger partial charge in [-0.25, -0.2) is 9.87 Å². The van der Waals surface area contributed by atoms with Crippen LogP contribution in [0.4, 0.5) is 18.9 Å². The SMILES string of the molecule is Cl.N#Cc1ccc(NCC(F)(F)c2cccc(Cl)c2)c(F)c1CC(=O)NCCONC(=N)N. The van der Waals surface area contributed by atoms with Crippen LogP contribution in [0.25, 0.3) is 0 Å². The maximum Gasteiger partial charge on any atom is 0.290 e. The molecular weight excluding hydrogens is 484 g/mol. The lowest BCUT2D eigenvalue weighted by Gasteiger charge is -2.19. The van der Waals surface area contributed by atoms with Gasteiger partial charge in [0, 0.05) is 22.7 Å². The predicted molar refractivity (Wildman–Crippen MR) is 120 cm³/mol. The highest BCUT2D eigenvalue weighted by molar-refractivity contribution is 6.30. The van der Waals surface area contributed by atoms with Crippen molar-refractivity contribution >= 4 is 41.6 Å². The van der Waals surface area contributed by atoms with Crippen molar-refractivity contribution in [3.05, 3.63) is 63.9 Å². The summed E-state index contributed by atoms with van der Waals surface area (Å²) in [5.41, 5.74) is 6.15. The number of nitrogens with one attached hydrogen (secondary N) is 4. The lowest BCUT2D eigenvalue weighted by Crippen LogP contribution is -2.35. The molecule has 2 aromatic rings.